The second-order valence-corrected chi connectivity index (χ2v) is 5.62. The zero-order valence-electron chi connectivity index (χ0n) is 10.6. The van der Waals surface area contributed by atoms with Gasteiger partial charge in [0.15, 0.2) is 10.9 Å². The van der Waals surface area contributed by atoms with Crippen molar-refractivity contribution in [2.24, 2.45) is 10.2 Å². The molecule has 2 aromatic rings. The third-order valence-electron chi connectivity index (χ3n) is 2.82. The molecule has 0 radical (unpaired) electrons. The SMILES string of the molecule is NS(=O)(=O)c1nccc(-c2ccncc2)c1C1=NNNN1. The fraction of sp³-hybridized carbons (Fsp3) is 0. The summed E-state index contributed by atoms with van der Waals surface area (Å²) >= 11 is 0. The first-order valence-electron chi connectivity index (χ1n) is 5.83. The van der Waals surface area contributed by atoms with Crippen LogP contribution in [0, 0.1) is 0 Å². The van der Waals surface area contributed by atoms with E-state index in [4.69, 9.17) is 5.14 Å². The quantitative estimate of drug-likeness (QED) is 0.575. The second-order valence-electron chi connectivity index (χ2n) is 4.14. The van der Waals surface area contributed by atoms with E-state index >= 15 is 0 Å². The lowest BCUT2D eigenvalue weighted by molar-refractivity contribution is 0.577. The fourth-order valence-corrected chi connectivity index (χ4v) is 2.68. The Morgan fingerprint density at radius 1 is 1.10 bits per heavy atom. The highest BCUT2D eigenvalue weighted by Crippen LogP contribution is 2.27. The molecule has 9 nitrogen and oxygen atoms in total. The van der Waals surface area contributed by atoms with Crippen molar-refractivity contribution in [2.45, 2.75) is 5.03 Å². The first-order valence-corrected chi connectivity index (χ1v) is 7.38. The van der Waals surface area contributed by atoms with Gasteiger partial charge in [0.05, 0.1) is 5.56 Å². The average Bonchev–Trinajstić information content (AvgIpc) is 3.00. The molecule has 2 aromatic heterocycles. The Kier molecular flexibility index (Phi) is 3.25. The van der Waals surface area contributed by atoms with Crippen LogP contribution >= 0.6 is 0 Å². The van der Waals surface area contributed by atoms with Crippen molar-refractivity contribution in [1.82, 2.24) is 26.5 Å². The smallest absolute Gasteiger partial charge is 0.256 e. The zero-order valence-corrected chi connectivity index (χ0v) is 11.4. The van der Waals surface area contributed by atoms with Crippen LogP contribution in [0.4, 0.5) is 0 Å². The van der Waals surface area contributed by atoms with E-state index in [9.17, 15) is 8.42 Å². The monoisotopic (exact) mass is 305 g/mol. The number of hydrazone groups is 1. The lowest BCUT2D eigenvalue weighted by atomic mass is 10.0. The van der Waals surface area contributed by atoms with E-state index in [1.54, 1.807) is 30.6 Å². The summed E-state index contributed by atoms with van der Waals surface area (Å²) < 4.78 is 23.5. The average molecular weight is 305 g/mol. The van der Waals surface area contributed by atoms with Gasteiger partial charge in [-0.3, -0.25) is 10.4 Å². The molecule has 3 heterocycles. The molecule has 0 saturated carbocycles. The van der Waals surface area contributed by atoms with E-state index in [0.717, 1.165) is 5.56 Å². The lowest BCUT2D eigenvalue weighted by Crippen LogP contribution is -2.36. The van der Waals surface area contributed by atoms with Crippen molar-refractivity contribution >= 4 is 15.9 Å². The number of pyridine rings is 2. The van der Waals surface area contributed by atoms with Crippen LogP contribution in [0.25, 0.3) is 11.1 Å². The third-order valence-corrected chi connectivity index (χ3v) is 3.67. The summed E-state index contributed by atoms with van der Waals surface area (Å²) in [6, 6.07) is 5.19. The van der Waals surface area contributed by atoms with Gasteiger partial charge in [0.2, 0.25) is 0 Å². The van der Waals surface area contributed by atoms with E-state index in [-0.39, 0.29) is 16.4 Å². The van der Waals surface area contributed by atoms with Gasteiger partial charge in [-0.15, -0.1) is 10.6 Å². The molecule has 0 bridgehead atoms. The standard InChI is InChI=1S/C11H11N7O2S/c12-21(19,20)11-9(10-15-17-18-16-10)8(3-6-14-11)7-1-4-13-5-2-7/h1-6,17-18H,(H,15,16)(H2,12,19,20). The summed E-state index contributed by atoms with van der Waals surface area (Å²) in [6.07, 6.45) is 4.60. The Morgan fingerprint density at radius 2 is 1.86 bits per heavy atom. The van der Waals surface area contributed by atoms with Crippen LogP contribution in [0.2, 0.25) is 0 Å². The molecule has 0 saturated heterocycles. The predicted molar refractivity (Wildman–Crippen MR) is 74.8 cm³/mol. The predicted octanol–water partition coefficient (Wildman–Crippen LogP) is -0.935. The molecule has 1 aliphatic rings. The molecule has 21 heavy (non-hydrogen) atoms. The first kappa shape index (κ1) is 13.4. The van der Waals surface area contributed by atoms with Gasteiger partial charge in [-0.2, -0.15) is 0 Å². The van der Waals surface area contributed by atoms with Crippen LogP contribution in [-0.4, -0.2) is 24.2 Å². The van der Waals surface area contributed by atoms with Crippen molar-refractivity contribution in [2.75, 3.05) is 0 Å². The Morgan fingerprint density at radius 3 is 2.48 bits per heavy atom. The highest BCUT2D eigenvalue weighted by atomic mass is 32.2. The third kappa shape index (κ3) is 2.54. The highest BCUT2D eigenvalue weighted by Gasteiger charge is 2.25. The second kappa shape index (κ2) is 5.09. The molecule has 0 atom stereocenters. The van der Waals surface area contributed by atoms with E-state index in [0.29, 0.717) is 5.56 Å². The Bertz CT molecular complexity index is 805. The minimum absolute atomic E-state index is 0.256. The van der Waals surface area contributed by atoms with Gasteiger partial charge < -0.3 is 0 Å². The van der Waals surface area contributed by atoms with Gasteiger partial charge in [-0.1, -0.05) is 0 Å². The normalized spacial score (nSPS) is 14.2. The van der Waals surface area contributed by atoms with Gasteiger partial charge in [-0.05, 0) is 29.3 Å². The number of hydrogen-bond acceptors (Lipinski definition) is 8. The number of nitrogens with two attached hydrogens (primary N) is 1. The minimum atomic E-state index is -4.00. The van der Waals surface area contributed by atoms with E-state index < -0.39 is 10.0 Å². The molecule has 0 aromatic carbocycles. The van der Waals surface area contributed by atoms with Crippen LogP contribution in [0.1, 0.15) is 5.56 Å². The van der Waals surface area contributed by atoms with Crippen molar-refractivity contribution < 1.29 is 8.42 Å². The number of hydrazine groups is 2. The summed E-state index contributed by atoms with van der Waals surface area (Å²) in [6.45, 7) is 0. The summed E-state index contributed by atoms with van der Waals surface area (Å²) in [4.78, 5) is 7.82. The number of amidine groups is 1. The molecule has 0 spiro atoms. The molecule has 1 aliphatic heterocycles. The maximum absolute atomic E-state index is 11.8. The van der Waals surface area contributed by atoms with Crippen LogP contribution in [0.3, 0.4) is 0 Å². The van der Waals surface area contributed by atoms with Gasteiger partial charge in [0.25, 0.3) is 10.0 Å². The molecule has 108 valence electrons. The minimum Gasteiger partial charge on any atom is -0.285 e. The van der Waals surface area contributed by atoms with Crippen molar-refractivity contribution in [3.8, 4) is 11.1 Å². The molecule has 3 rings (SSSR count). The van der Waals surface area contributed by atoms with E-state index in [1.807, 2.05) is 0 Å². The number of aromatic nitrogens is 2. The summed E-state index contributed by atoms with van der Waals surface area (Å²) in [7, 11) is -4.00. The van der Waals surface area contributed by atoms with E-state index in [2.05, 4.69) is 31.6 Å². The molecular weight excluding hydrogens is 294 g/mol. The number of nitrogens with zero attached hydrogens (tertiary/aromatic N) is 3. The maximum Gasteiger partial charge on any atom is 0.256 e. The molecule has 0 aliphatic carbocycles. The summed E-state index contributed by atoms with van der Waals surface area (Å²) in [5, 5.41) is 8.93. The number of nitrogens with one attached hydrogen (secondary N) is 3. The van der Waals surface area contributed by atoms with Crippen molar-refractivity contribution in [3.63, 3.8) is 0 Å². The number of hydrogen-bond donors (Lipinski definition) is 4. The number of rotatable bonds is 3. The van der Waals surface area contributed by atoms with E-state index in [1.165, 1.54) is 6.20 Å². The molecular formula is C11H11N7O2S. The van der Waals surface area contributed by atoms with Gasteiger partial charge in [0, 0.05) is 18.6 Å². The van der Waals surface area contributed by atoms with Gasteiger partial charge in [0.1, 0.15) is 0 Å². The Balaban J connectivity index is 2.30. The molecule has 0 amide bonds. The fourth-order valence-electron chi connectivity index (χ4n) is 1.98. The van der Waals surface area contributed by atoms with Crippen LogP contribution in [0.5, 0.6) is 0 Å². The zero-order chi connectivity index (χ0) is 14.9. The highest BCUT2D eigenvalue weighted by molar-refractivity contribution is 7.89. The largest absolute Gasteiger partial charge is 0.285 e. The number of primary sulfonamides is 1. The number of sulfonamides is 1. The summed E-state index contributed by atoms with van der Waals surface area (Å²) in [5.41, 5.74) is 9.40. The van der Waals surface area contributed by atoms with Crippen LogP contribution in [0.15, 0.2) is 46.9 Å². The first-order chi connectivity index (χ1) is 10.1. The Labute approximate surface area is 120 Å². The van der Waals surface area contributed by atoms with Crippen molar-refractivity contribution in [3.05, 3.63) is 42.4 Å². The van der Waals surface area contributed by atoms with Crippen LogP contribution < -0.4 is 21.6 Å². The molecule has 0 unspecified atom stereocenters. The van der Waals surface area contributed by atoms with Gasteiger partial charge in [-0.25, -0.2) is 24.1 Å². The van der Waals surface area contributed by atoms with Crippen molar-refractivity contribution in [1.29, 1.82) is 0 Å². The maximum atomic E-state index is 11.8. The Hall–Kier alpha value is -2.56. The molecule has 5 N–H and O–H groups in total. The molecule has 10 heteroatoms. The lowest BCUT2D eigenvalue weighted by Gasteiger charge is -2.12. The van der Waals surface area contributed by atoms with Gasteiger partial charge >= 0.3 is 0 Å². The van der Waals surface area contributed by atoms with Crippen LogP contribution in [-0.2, 0) is 10.0 Å². The summed E-state index contributed by atoms with van der Waals surface area (Å²) in [5.74, 6) is 0.277. The molecule has 0 fully saturated rings. The topological polar surface area (TPSA) is 134 Å².